The van der Waals surface area contributed by atoms with Crippen LogP contribution in [0.4, 0.5) is 0 Å². The number of rotatable bonds is 2. The highest BCUT2D eigenvalue weighted by Crippen LogP contribution is 2.15. The summed E-state index contributed by atoms with van der Waals surface area (Å²) in [4.78, 5) is 14.4. The van der Waals surface area contributed by atoms with Crippen molar-refractivity contribution in [2.75, 3.05) is 0 Å². The number of halogens is 1. The first-order chi connectivity index (χ1) is 6.79. The summed E-state index contributed by atoms with van der Waals surface area (Å²) in [6.07, 6.45) is 4.04. The molecule has 1 aromatic heterocycles. The molecule has 2 rings (SSSR count). The summed E-state index contributed by atoms with van der Waals surface area (Å²) in [6, 6.07) is 7.78. The van der Waals surface area contributed by atoms with Gasteiger partial charge in [-0.3, -0.25) is 4.79 Å². The Bertz CT molecular complexity index is 465. The summed E-state index contributed by atoms with van der Waals surface area (Å²) in [6.45, 7) is 0. The highest BCUT2D eigenvalue weighted by atomic mass is 79.9. The van der Waals surface area contributed by atoms with E-state index in [1.165, 1.54) is 0 Å². The van der Waals surface area contributed by atoms with E-state index in [0.717, 1.165) is 16.4 Å². The molecule has 0 fully saturated rings. The molecule has 2 aromatic rings. The van der Waals surface area contributed by atoms with Gasteiger partial charge in [0.2, 0.25) is 0 Å². The van der Waals surface area contributed by atoms with Crippen LogP contribution in [0.25, 0.3) is 5.69 Å². The maximum atomic E-state index is 10.4. The molecule has 4 heteroatoms. The molecule has 1 heterocycles. The smallest absolute Gasteiger partial charge is 0.170 e. The van der Waals surface area contributed by atoms with Crippen molar-refractivity contribution in [3.63, 3.8) is 0 Å². The number of imidazole rings is 1. The van der Waals surface area contributed by atoms with E-state index in [4.69, 9.17) is 0 Å². The minimum atomic E-state index is 0.435. The van der Waals surface area contributed by atoms with E-state index in [1.807, 2.05) is 24.3 Å². The summed E-state index contributed by atoms with van der Waals surface area (Å²) in [5.41, 5.74) is 1.41. The van der Waals surface area contributed by atoms with E-state index in [9.17, 15) is 4.79 Å². The number of hydrogen-bond acceptors (Lipinski definition) is 2. The number of nitrogens with zero attached hydrogens (tertiary/aromatic N) is 2. The Morgan fingerprint density at radius 1 is 1.43 bits per heavy atom. The summed E-state index contributed by atoms with van der Waals surface area (Å²) in [7, 11) is 0. The van der Waals surface area contributed by atoms with Crippen LogP contribution in [0, 0.1) is 0 Å². The molecule has 0 aliphatic heterocycles. The van der Waals surface area contributed by atoms with Crippen LogP contribution in [0.3, 0.4) is 0 Å². The molecule has 1 aromatic carbocycles. The normalized spacial score (nSPS) is 10.1. The molecule has 0 atom stereocenters. The third kappa shape index (κ3) is 1.75. The zero-order valence-electron chi connectivity index (χ0n) is 7.22. The average Bonchev–Trinajstić information content (AvgIpc) is 2.66. The monoisotopic (exact) mass is 250 g/mol. The number of benzene rings is 1. The van der Waals surface area contributed by atoms with Gasteiger partial charge in [-0.2, -0.15) is 0 Å². The van der Waals surface area contributed by atoms with E-state index in [-0.39, 0.29) is 0 Å². The van der Waals surface area contributed by atoms with Gasteiger partial charge in [0.05, 0.1) is 0 Å². The van der Waals surface area contributed by atoms with E-state index >= 15 is 0 Å². The van der Waals surface area contributed by atoms with Crippen molar-refractivity contribution in [1.82, 2.24) is 9.55 Å². The molecule has 0 saturated carbocycles. The maximum Gasteiger partial charge on any atom is 0.170 e. The lowest BCUT2D eigenvalue weighted by atomic mass is 10.3. The molecule has 70 valence electrons. The fraction of sp³-hybridized carbons (Fsp3) is 0. The van der Waals surface area contributed by atoms with Gasteiger partial charge in [0, 0.05) is 16.4 Å². The SMILES string of the molecule is O=Cc1cn(-c2cccc(Br)c2)cn1. The van der Waals surface area contributed by atoms with Gasteiger partial charge in [-0.15, -0.1) is 0 Å². The molecule has 0 aliphatic carbocycles. The predicted molar refractivity (Wildman–Crippen MR) is 56.7 cm³/mol. The first-order valence-electron chi connectivity index (χ1n) is 4.05. The summed E-state index contributed by atoms with van der Waals surface area (Å²) in [5, 5.41) is 0. The fourth-order valence-electron chi connectivity index (χ4n) is 1.18. The zero-order valence-corrected chi connectivity index (χ0v) is 8.81. The Balaban J connectivity index is 2.43. The molecular formula is C10H7BrN2O. The first-order valence-corrected chi connectivity index (χ1v) is 4.84. The lowest BCUT2D eigenvalue weighted by Gasteiger charge is -2.00. The minimum Gasteiger partial charge on any atom is -0.306 e. The van der Waals surface area contributed by atoms with Crippen molar-refractivity contribution < 1.29 is 4.79 Å². The predicted octanol–water partition coefficient (Wildman–Crippen LogP) is 2.45. The largest absolute Gasteiger partial charge is 0.306 e. The van der Waals surface area contributed by atoms with Gasteiger partial charge >= 0.3 is 0 Å². The van der Waals surface area contributed by atoms with Crippen molar-refractivity contribution in [3.05, 3.63) is 47.0 Å². The molecule has 14 heavy (non-hydrogen) atoms. The van der Waals surface area contributed by atoms with E-state index in [2.05, 4.69) is 20.9 Å². The molecule has 0 amide bonds. The average molecular weight is 251 g/mol. The first kappa shape index (κ1) is 9.15. The highest BCUT2D eigenvalue weighted by molar-refractivity contribution is 9.10. The van der Waals surface area contributed by atoms with E-state index in [0.29, 0.717) is 5.69 Å². The topological polar surface area (TPSA) is 34.9 Å². The molecule has 0 radical (unpaired) electrons. The molecular weight excluding hydrogens is 244 g/mol. The van der Waals surface area contributed by atoms with E-state index < -0.39 is 0 Å². The van der Waals surface area contributed by atoms with Crippen LogP contribution >= 0.6 is 15.9 Å². The van der Waals surface area contributed by atoms with Crippen LogP contribution in [-0.4, -0.2) is 15.8 Å². The number of aldehydes is 1. The van der Waals surface area contributed by atoms with Gasteiger partial charge in [-0.1, -0.05) is 22.0 Å². The summed E-state index contributed by atoms with van der Waals surface area (Å²) in [5.74, 6) is 0. The quantitative estimate of drug-likeness (QED) is 0.768. The Morgan fingerprint density at radius 3 is 2.93 bits per heavy atom. The minimum absolute atomic E-state index is 0.435. The Labute approximate surface area is 89.5 Å². The summed E-state index contributed by atoms with van der Waals surface area (Å²) < 4.78 is 2.80. The van der Waals surface area contributed by atoms with Gasteiger partial charge < -0.3 is 4.57 Å². The Morgan fingerprint density at radius 2 is 2.29 bits per heavy atom. The van der Waals surface area contributed by atoms with Crippen LogP contribution in [0.1, 0.15) is 10.5 Å². The standard InChI is InChI=1S/C10H7BrN2O/c11-8-2-1-3-10(4-8)13-5-9(6-14)12-7-13/h1-7H. The van der Waals surface area contributed by atoms with Crippen LogP contribution in [-0.2, 0) is 0 Å². The summed E-state index contributed by atoms with van der Waals surface area (Å²) >= 11 is 3.38. The van der Waals surface area contributed by atoms with Crippen molar-refractivity contribution in [2.45, 2.75) is 0 Å². The number of aromatic nitrogens is 2. The van der Waals surface area contributed by atoms with Gasteiger partial charge in [-0.25, -0.2) is 4.98 Å². The molecule has 0 spiro atoms. The van der Waals surface area contributed by atoms with Gasteiger partial charge in [0.1, 0.15) is 12.0 Å². The highest BCUT2D eigenvalue weighted by Gasteiger charge is 1.99. The lowest BCUT2D eigenvalue weighted by molar-refractivity contribution is 0.111. The third-order valence-electron chi connectivity index (χ3n) is 1.83. The van der Waals surface area contributed by atoms with E-state index in [1.54, 1.807) is 17.1 Å². The lowest BCUT2D eigenvalue weighted by Crippen LogP contribution is -1.88. The molecule has 0 bridgehead atoms. The number of hydrogen-bond donors (Lipinski definition) is 0. The van der Waals surface area contributed by atoms with Gasteiger partial charge in [0.25, 0.3) is 0 Å². The van der Waals surface area contributed by atoms with Gasteiger partial charge in [-0.05, 0) is 18.2 Å². The molecule has 3 nitrogen and oxygen atoms in total. The zero-order chi connectivity index (χ0) is 9.97. The second kappa shape index (κ2) is 3.75. The Hall–Kier alpha value is -1.42. The van der Waals surface area contributed by atoms with Crippen molar-refractivity contribution in [1.29, 1.82) is 0 Å². The fourth-order valence-corrected chi connectivity index (χ4v) is 1.56. The molecule has 0 saturated heterocycles. The van der Waals surface area contributed by atoms with Crippen LogP contribution in [0.15, 0.2) is 41.3 Å². The van der Waals surface area contributed by atoms with Crippen LogP contribution in [0.2, 0.25) is 0 Å². The number of carbonyl (C=O) groups excluding carboxylic acids is 1. The van der Waals surface area contributed by atoms with Gasteiger partial charge in [0.15, 0.2) is 6.29 Å². The Kier molecular flexibility index (Phi) is 2.45. The van der Waals surface area contributed by atoms with Crippen LogP contribution in [0.5, 0.6) is 0 Å². The third-order valence-corrected chi connectivity index (χ3v) is 2.32. The van der Waals surface area contributed by atoms with Crippen molar-refractivity contribution in [3.8, 4) is 5.69 Å². The van der Waals surface area contributed by atoms with Crippen molar-refractivity contribution in [2.24, 2.45) is 0 Å². The molecule has 0 unspecified atom stereocenters. The second-order valence-corrected chi connectivity index (χ2v) is 3.72. The molecule has 0 N–H and O–H groups in total. The molecule has 0 aliphatic rings. The van der Waals surface area contributed by atoms with Crippen molar-refractivity contribution >= 4 is 22.2 Å². The maximum absolute atomic E-state index is 10.4. The van der Waals surface area contributed by atoms with Crippen LogP contribution < -0.4 is 0 Å². The second-order valence-electron chi connectivity index (χ2n) is 2.80. The number of carbonyl (C=O) groups is 1.